The Hall–Kier alpha value is -1.88. The van der Waals surface area contributed by atoms with Crippen molar-refractivity contribution in [2.45, 2.75) is 33.2 Å². The van der Waals surface area contributed by atoms with Crippen LogP contribution in [0.3, 0.4) is 0 Å². The first-order valence-electron chi connectivity index (χ1n) is 6.28. The van der Waals surface area contributed by atoms with Crippen LogP contribution in [0.1, 0.15) is 36.2 Å². The molecule has 0 aromatic heterocycles. The molecular weight excluding hydrogens is 244 g/mol. The molecule has 0 unspecified atom stereocenters. The molecule has 0 aliphatic rings. The Morgan fingerprint density at radius 1 is 1.32 bits per heavy atom. The molecule has 1 aromatic carbocycles. The lowest BCUT2D eigenvalue weighted by Crippen LogP contribution is -2.27. The van der Waals surface area contributed by atoms with Crippen molar-refractivity contribution in [2.75, 3.05) is 11.9 Å². The quantitative estimate of drug-likeness (QED) is 0.734. The second-order valence-corrected chi connectivity index (χ2v) is 4.69. The lowest BCUT2D eigenvalue weighted by atomic mass is 10.1. The van der Waals surface area contributed by atoms with Crippen molar-refractivity contribution in [1.82, 2.24) is 5.32 Å². The molecule has 0 saturated carbocycles. The van der Waals surface area contributed by atoms with Gasteiger partial charge >= 0.3 is 5.97 Å². The molecule has 0 atom stereocenters. The van der Waals surface area contributed by atoms with E-state index in [2.05, 4.69) is 10.6 Å². The highest BCUT2D eigenvalue weighted by atomic mass is 16.4. The van der Waals surface area contributed by atoms with Gasteiger partial charge in [0, 0.05) is 24.7 Å². The molecule has 0 spiro atoms. The Balaban J connectivity index is 2.64. The zero-order valence-electron chi connectivity index (χ0n) is 11.5. The number of hydrogen-bond acceptors (Lipinski definition) is 3. The topological polar surface area (TPSA) is 78.4 Å². The number of hydrogen-bond donors (Lipinski definition) is 3. The molecular formula is C14H20N2O3. The Morgan fingerprint density at radius 2 is 2.00 bits per heavy atom. The van der Waals surface area contributed by atoms with E-state index in [1.807, 2.05) is 13.8 Å². The van der Waals surface area contributed by atoms with Gasteiger partial charge in [0.2, 0.25) is 5.91 Å². The largest absolute Gasteiger partial charge is 0.478 e. The van der Waals surface area contributed by atoms with E-state index in [0.29, 0.717) is 30.3 Å². The van der Waals surface area contributed by atoms with E-state index >= 15 is 0 Å². The van der Waals surface area contributed by atoms with Gasteiger partial charge < -0.3 is 15.7 Å². The van der Waals surface area contributed by atoms with Gasteiger partial charge in [0.15, 0.2) is 0 Å². The number of nitrogens with one attached hydrogen (secondary N) is 2. The summed E-state index contributed by atoms with van der Waals surface area (Å²) < 4.78 is 0. The van der Waals surface area contributed by atoms with Gasteiger partial charge in [0.1, 0.15) is 0 Å². The van der Waals surface area contributed by atoms with Crippen molar-refractivity contribution in [1.29, 1.82) is 0 Å². The van der Waals surface area contributed by atoms with Crippen LogP contribution in [0.15, 0.2) is 18.2 Å². The molecule has 1 amide bonds. The van der Waals surface area contributed by atoms with Crippen molar-refractivity contribution < 1.29 is 14.7 Å². The third kappa shape index (κ3) is 4.71. The van der Waals surface area contributed by atoms with Crippen LogP contribution in [0, 0.1) is 6.92 Å². The molecule has 0 heterocycles. The van der Waals surface area contributed by atoms with Crippen molar-refractivity contribution in [3.63, 3.8) is 0 Å². The van der Waals surface area contributed by atoms with Crippen LogP contribution in [0.4, 0.5) is 5.69 Å². The summed E-state index contributed by atoms with van der Waals surface area (Å²) in [5, 5.41) is 14.9. The first-order chi connectivity index (χ1) is 8.91. The number of amides is 1. The van der Waals surface area contributed by atoms with Crippen LogP contribution in [-0.4, -0.2) is 29.6 Å². The van der Waals surface area contributed by atoms with Crippen LogP contribution in [0.5, 0.6) is 0 Å². The summed E-state index contributed by atoms with van der Waals surface area (Å²) in [6.07, 6.45) is 0.356. The summed E-state index contributed by atoms with van der Waals surface area (Å²) in [5.74, 6) is -1.12. The molecule has 104 valence electrons. The van der Waals surface area contributed by atoms with Crippen LogP contribution >= 0.6 is 0 Å². The molecule has 5 nitrogen and oxygen atoms in total. The first-order valence-corrected chi connectivity index (χ1v) is 6.28. The monoisotopic (exact) mass is 264 g/mol. The Kier molecular flexibility index (Phi) is 5.51. The first kappa shape index (κ1) is 15.2. The summed E-state index contributed by atoms with van der Waals surface area (Å²) in [6, 6.07) is 5.19. The summed E-state index contributed by atoms with van der Waals surface area (Å²) in [5.41, 5.74) is 1.33. The van der Waals surface area contributed by atoms with Crippen LogP contribution in [-0.2, 0) is 4.79 Å². The van der Waals surface area contributed by atoms with Crippen molar-refractivity contribution in [2.24, 2.45) is 0 Å². The Morgan fingerprint density at radius 3 is 2.58 bits per heavy atom. The summed E-state index contributed by atoms with van der Waals surface area (Å²) in [4.78, 5) is 22.7. The van der Waals surface area contributed by atoms with Crippen molar-refractivity contribution in [3.05, 3.63) is 29.3 Å². The smallest absolute Gasteiger partial charge is 0.336 e. The maximum Gasteiger partial charge on any atom is 0.336 e. The maximum absolute atomic E-state index is 11.7. The van der Waals surface area contributed by atoms with Gasteiger partial charge in [-0.05, 0) is 24.6 Å². The van der Waals surface area contributed by atoms with E-state index in [1.54, 1.807) is 19.1 Å². The van der Waals surface area contributed by atoms with Gasteiger partial charge in [0.05, 0.1) is 5.56 Å². The van der Waals surface area contributed by atoms with E-state index in [4.69, 9.17) is 5.11 Å². The molecule has 0 aliphatic heterocycles. The second kappa shape index (κ2) is 6.89. The fourth-order valence-electron chi connectivity index (χ4n) is 1.69. The van der Waals surface area contributed by atoms with Crippen LogP contribution < -0.4 is 10.6 Å². The fourth-order valence-corrected chi connectivity index (χ4v) is 1.69. The van der Waals surface area contributed by atoms with Gasteiger partial charge in [0.25, 0.3) is 0 Å². The molecule has 3 N–H and O–H groups in total. The van der Waals surface area contributed by atoms with E-state index in [1.165, 1.54) is 6.07 Å². The van der Waals surface area contributed by atoms with Gasteiger partial charge in [-0.15, -0.1) is 0 Å². The van der Waals surface area contributed by atoms with Gasteiger partial charge in [-0.1, -0.05) is 19.9 Å². The summed E-state index contributed by atoms with van der Waals surface area (Å²) >= 11 is 0. The zero-order valence-corrected chi connectivity index (χ0v) is 11.5. The average Bonchev–Trinajstić information content (AvgIpc) is 2.31. The molecule has 0 bridgehead atoms. The lowest BCUT2D eigenvalue weighted by Gasteiger charge is -2.11. The lowest BCUT2D eigenvalue weighted by molar-refractivity contribution is -0.116. The van der Waals surface area contributed by atoms with Gasteiger partial charge in [-0.25, -0.2) is 4.79 Å². The Labute approximate surface area is 113 Å². The molecule has 0 fully saturated rings. The third-order valence-corrected chi connectivity index (χ3v) is 2.74. The minimum atomic E-state index is -0.991. The minimum absolute atomic E-state index is 0.126. The van der Waals surface area contributed by atoms with Crippen molar-refractivity contribution >= 4 is 17.6 Å². The minimum Gasteiger partial charge on any atom is -0.478 e. The highest BCUT2D eigenvalue weighted by molar-refractivity contribution is 5.96. The van der Waals surface area contributed by atoms with E-state index in [-0.39, 0.29) is 11.5 Å². The van der Waals surface area contributed by atoms with E-state index < -0.39 is 5.97 Å². The van der Waals surface area contributed by atoms with Gasteiger partial charge in [-0.3, -0.25) is 4.79 Å². The summed E-state index contributed by atoms with van der Waals surface area (Å²) in [6.45, 7) is 6.31. The van der Waals surface area contributed by atoms with Crippen molar-refractivity contribution in [3.8, 4) is 0 Å². The number of anilines is 1. The highest BCUT2D eigenvalue weighted by Crippen LogP contribution is 2.19. The standard InChI is InChI=1S/C14H20N2O3/c1-9(2)15-8-7-13(17)16-12-6-4-5-11(10(12)3)14(18)19/h4-6,9,15H,7-8H2,1-3H3,(H,16,17)(H,18,19). The number of benzene rings is 1. The number of rotatable bonds is 6. The average molecular weight is 264 g/mol. The highest BCUT2D eigenvalue weighted by Gasteiger charge is 2.11. The second-order valence-electron chi connectivity index (χ2n) is 4.69. The normalized spacial score (nSPS) is 10.5. The number of carboxylic acids is 1. The van der Waals surface area contributed by atoms with Gasteiger partial charge in [-0.2, -0.15) is 0 Å². The molecule has 19 heavy (non-hydrogen) atoms. The number of carbonyl (C=O) groups is 2. The molecule has 0 radical (unpaired) electrons. The zero-order chi connectivity index (χ0) is 14.4. The molecule has 0 aliphatic carbocycles. The van der Waals surface area contributed by atoms with E-state index in [9.17, 15) is 9.59 Å². The molecule has 5 heteroatoms. The predicted octanol–water partition coefficient (Wildman–Crippen LogP) is 2.02. The molecule has 0 saturated heterocycles. The Bertz CT molecular complexity index is 470. The predicted molar refractivity (Wildman–Crippen MR) is 74.5 cm³/mol. The third-order valence-electron chi connectivity index (χ3n) is 2.74. The maximum atomic E-state index is 11.7. The number of carboxylic acid groups (broad SMARTS) is 1. The molecule has 1 rings (SSSR count). The number of carbonyl (C=O) groups excluding carboxylic acids is 1. The SMILES string of the molecule is Cc1c(NC(=O)CCNC(C)C)cccc1C(=O)O. The van der Waals surface area contributed by atoms with Crippen LogP contribution in [0.25, 0.3) is 0 Å². The van der Waals surface area contributed by atoms with E-state index in [0.717, 1.165) is 0 Å². The fraction of sp³-hybridized carbons (Fsp3) is 0.429. The molecule has 1 aromatic rings. The van der Waals surface area contributed by atoms with Crippen LogP contribution in [0.2, 0.25) is 0 Å². The number of aromatic carboxylic acids is 1. The summed E-state index contributed by atoms with van der Waals surface area (Å²) in [7, 11) is 0.